The number of para-hydroxylation sites is 1. The highest BCUT2D eigenvalue weighted by Crippen LogP contribution is 2.32. The highest BCUT2D eigenvalue weighted by atomic mass is 32.2. The van der Waals surface area contributed by atoms with E-state index in [0.717, 1.165) is 0 Å². The first kappa shape index (κ1) is 24.6. The number of benzene rings is 2. The van der Waals surface area contributed by atoms with Crippen LogP contribution in [0.1, 0.15) is 39.5 Å². The first-order valence-electron chi connectivity index (χ1n) is 10.4. The molecular formula is C24H30O6S. The topological polar surface area (TPSA) is 86.7 Å². The number of methoxy groups -OCH3 is 1. The maximum absolute atomic E-state index is 13.5. The summed E-state index contributed by atoms with van der Waals surface area (Å²) in [6, 6.07) is 16.8. The van der Waals surface area contributed by atoms with Gasteiger partial charge in [0.2, 0.25) is 0 Å². The number of rotatable bonds is 11. The van der Waals surface area contributed by atoms with E-state index in [1.807, 2.05) is 0 Å². The van der Waals surface area contributed by atoms with Gasteiger partial charge in [-0.15, -0.1) is 0 Å². The van der Waals surface area contributed by atoms with Crippen molar-refractivity contribution < 1.29 is 27.5 Å². The van der Waals surface area contributed by atoms with E-state index in [9.17, 15) is 18.0 Å². The van der Waals surface area contributed by atoms with Crippen LogP contribution >= 0.6 is 0 Å². The minimum atomic E-state index is -3.79. The standard InChI is InChI=1S/C24H30O6S/c1-18(2)23(31(27,28)20-14-8-5-9-15-20)21(16-10-11-17-22(25)29-3)24(26)30-19-12-6-4-7-13-19/h4-9,12-15,18,21,23H,10-11,16-17H2,1-3H3/t21-,23-/m0/s1. The second-order valence-electron chi connectivity index (χ2n) is 7.73. The lowest BCUT2D eigenvalue weighted by Gasteiger charge is -2.28. The molecule has 0 aromatic heterocycles. The third kappa shape index (κ3) is 6.92. The Kier molecular flexibility index (Phi) is 9.24. The molecule has 7 heteroatoms. The molecule has 2 aromatic rings. The molecule has 0 bridgehead atoms. The highest BCUT2D eigenvalue weighted by molar-refractivity contribution is 7.92. The van der Waals surface area contributed by atoms with Crippen LogP contribution in [0.5, 0.6) is 5.75 Å². The summed E-state index contributed by atoms with van der Waals surface area (Å²) in [5.74, 6) is -1.74. The van der Waals surface area contributed by atoms with Gasteiger partial charge >= 0.3 is 11.9 Å². The third-order valence-corrected chi connectivity index (χ3v) is 7.64. The maximum atomic E-state index is 13.5. The lowest BCUT2D eigenvalue weighted by molar-refractivity contribution is -0.140. The number of ether oxygens (including phenoxy) is 2. The number of hydrogen-bond donors (Lipinski definition) is 0. The van der Waals surface area contributed by atoms with E-state index in [4.69, 9.17) is 4.74 Å². The van der Waals surface area contributed by atoms with E-state index < -0.39 is 27.0 Å². The van der Waals surface area contributed by atoms with Crippen LogP contribution in [-0.2, 0) is 24.2 Å². The normalized spacial score (nSPS) is 13.4. The Hall–Kier alpha value is -2.67. The van der Waals surface area contributed by atoms with Gasteiger partial charge in [0, 0.05) is 6.42 Å². The zero-order valence-electron chi connectivity index (χ0n) is 18.2. The number of carbonyl (C=O) groups is 2. The molecule has 2 atom stereocenters. The minimum Gasteiger partial charge on any atom is -0.469 e. The minimum absolute atomic E-state index is 0.181. The molecule has 0 amide bonds. The van der Waals surface area contributed by atoms with Gasteiger partial charge in [0.05, 0.1) is 23.2 Å². The quantitative estimate of drug-likeness (QED) is 0.288. The monoisotopic (exact) mass is 446 g/mol. The van der Waals surface area contributed by atoms with Crippen molar-refractivity contribution in [3.05, 3.63) is 60.7 Å². The van der Waals surface area contributed by atoms with Crippen molar-refractivity contribution in [2.75, 3.05) is 7.11 Å². The van der Waals surface area contributed by atoms with Gasteiger partial charge in [0.15, 0.2) is 9.84 Å². The molecule has 0 N–H and O–H groups in total. The second kappa shape index (κ2) is 11.6. The van der Waals surface area contributed by atoms with Gasteiger partial charge in [0.1, 0.15) is 5.75 Å². The number of unbranched alkanes of at least 4 members (excludes halogenated alkanes) is 1. The summed E-state index contributed by atoms with van der Waals surface area (Å²) in [5.41, 5.74) is 0. The lowest BCUT2D eigenvalue weighted by Crippen LogP contribution is -2.41. The number of sulfone groups is 1. The Balaban J connectivity index is 2.32. The molecule has 0 unspecified atom stereocenters. The van der Waals surface area contributed by atoms with Gasteiger partial charge in [-0.05, 0) is 43.0 Å². The molecule has 0 aliphatic carbocycles. The van der Waals surface area contributed by atoms with Crippen LogP contribution in [0.15, 0.2) is 65.6 Å². The van der Waals surface area contributed by atoms with Crippen molar-refractivity contribution in [3.63, 3.8) is 0 Å². The fourth-order valence-corrected chi connectivity index (χ4v) is 5.89. The van der Waals surface area contributed by atoms with Gasteiger partial charge in [-0.3, -0.25) is 9.59 Å². The largest absolute Gasteiger partial charge is 0.469 e. The van der Waals surface area contributed by atoms with Gasteiger partial charge in [0.25, 0.3) is 0 Å². The predicted octanol–water partition coefficient (Wildman–Crippen LogP) is 4.44. The van der Waals surface area contributed by atoms with Gasteiger partial charge in [-0.25, -0.2) is 8.42 Å². The highest BCUT2D eigenvalue weighted by Gasteiger charge is 2.41. The van der Waals surface area contributed by atoms with Crippen molar-refractivity contribution in [2.24, 2.45) is 11.8 Å². The van der Waals surface area contributed by atoms with E-state index in [2.05, 4.69) is 4.74 Å². The zero-order chi connectivity index (χ0) is 22.9. The van der Waals surface area contributed by atoms with Crippen molar-refractivity contribution in [1.29, 1.82) is 0 Å². The molecule has 0 spiro atoms. The first-order chi connectivity index (χ1) is 14.8. The van der Waals surface area contributed by atoms with Crippen LogP contribution in [0, 0.1) is 11.8 Å². The van der Waals surface area contributed by atoms with Crippen LogP contribution in [0.4, 0.5) is 0 Å². The van der Waals surface area contributed by atoms with E-state index >= 15 is 0 Å². The first-order valence-corrected chi connectivity index (χ1v) is 11.9. The number of carbonyl (C=O) groups excluding carboxylic acids is 2. The molecule has 0 aliphatic rings. The molecule has 0 saturated carbocycles. The van der Waals surface area contributed by atoms with Crippen LogP contribution < -0.4 is 4.74 Å². The van der Waals surface area contributed by atoms with Crippen LogP contribution in [-0.4, -0.2) is 32.7 Å². The third-order valence-electron chi connectivity index (χ3n) is 5.12. The Morgan fingerprint density at radius 2 is 1.48 bits per heavy atom. The van der Waals surface area contributed by atoms with Crippen molar-refractivity contribution in [1.82, 2.24) is 0 Å². The average Bonchev–Trinajstić information content (AvgIpc) is 2.76. The summed E-state index contributed by atoms with van der Waals surface area (Å²) >= 11 is 0. The second-order valence-corrected chi connectivity index (χ2v) is 9.84. The molecule has 6 nitrogen and oxygen atoms in total. The summed E-state index contributed by atoms with van der Waals surface area (Å²) in [6.07, 6.45) is 1.50. The lowest BCUT2D eigenvalue weighted by atomic mass is 9.91. The molecular weight excluding hydrogens is 416 g/mol. The molecule has 0 saturated heterocycles. The fraction of sp³-hybridized carbons (Fsp3) is 0.417. The van der Waals surface area contributed by atoms with Crippen molar-refractivity contribution in [2.45, 2.75) is 49.7 Å². The molecule has 0 radical (unpaired) electrons. The van der Waals surface area contributed by atoms with E-state index in [-0.39, 0.29) is 29.6 Å². The molecule has 31 heavy (non-hydrogen) atoms. The summed E-state index contributed by atoms with van der Waals surface area (Å²) in [7, 11) is -2.46. The SMILES string of the molecule is COC(=O)CCCC[C@H](C(=O)Oc1ccccc1)[C@H](C(C)C)S(=O)(=O)c1ccccc1. The molecule has 0 aliphatic heterocycles. The van der Waals surface area contributed by atoms with E-state index in [1.165, 1.54) is 7.11 Å². The number of hydrogen-bond acceptors (Lipinski definition) is 6. The molecule has 0 heterocycles. The van der Waals surface area contributed by atoms with E-state index in [0.29, 0.717) is 18.6 Å². The van der Waals surface area contributed by atoms with Crippen LogP contribution in [0.2, 0.25) is 0 Å². The Morgan fingerprint density at radius 3 is 2.03 bits per heavy atom. The summed E-state index contributed by atoms with van der Waals surface area (Å²) in [6.45, 7) is 3.59. The van der Waals surface area contributed by atoms with Crippen molar-refractivity contribution >= 4 is 21.8 Å². The molecule has 0 fully saturated rings. The van der Waals surface area contributed by atoms with Crippen LogP contribution in [0.3, 0.4) is 0 Å². The van der Waals surface area contributed by atoms with Gasteiger partial charge in [-0.1, -0.05) is 56.7 Å². The fourth-order valence-electron chi connectivity index (χ4n) is 3.64. The Morgan fingerprint density at radius 1 is 0.903 bits per heavy atom. The Bertz CT molecular complexity index is 939. The Labute approximate surface area is 184 Å². The summed E-state index contributed by atoms with van der Waals surface area (Å²) < 4.78 is 37.2. The van der Waals surface area contributed by atoms with Crippen LogP contribution in [0.25, 0.3) is 0 Å². The van der Waals surface area contributed by atoms with Crippen molar-refractivity contribution in [3.8, 4) is 5.75 Å². The van der Waals surface area contributed by atoms with E-state index in [1.54, 1.807) is 74.5 Å². The summed E-state index contributed by atoms with van der Waals surface area (Å²) in [4.78, 5) is 24.7. The molecule has 2 rings (SSSR count). The smallest absolute Gasteiger partial charge is 0.315 e. The maximum Gasteiger partial charge on any atom is 0.315 e. The van der Waals surface area contributed by atoms with Gasteiger partial charge in [-0.2, -0.15) is 0 Å². The van der Waals surface area contributed by atoms with Gasteiger partial charge < -0.3 is 9.47 Å². The number of esters is 2. The zero-order valence-corrected chi connectivity index (χ0v) is 19.0. The molecule has 2 aromatic carbocycles. The predicted molar refractivity (Wildman–Crippen MR) is 118 cm³/mol. The molecule has 168 valence electrons. The summed E-state index contributed by atoms with van der Waals surface area (Å²) in [5, 5.41) is -0.954. The average molecular weight is 447 g/mol.